The third-order valence-corrected chi connectivity index (χ3v) is 6.55. The van der Waals surface area contributed by atoms with Crippen molar-refractivity contribution < 1.29 is 9.72 Å². The second-order valence-corrected chi connectivity index (χ2v) is 8.38. The number of nitrogens with zero attached hydrogens (tertiary/aromatic N) is 2. The number of nitro groups is 1. The second-order valence-electron chi connectivity index (χ2n) is 7.28. The normalized spacial score (nSPS) is 13.2. The summed E-state index contributed by atoms with van der Waals surface area (Å²) in [5, 5.41) is 14.8. The first-order valence-electron chi connectivity index (χ1n) is 9.75. The Hall–Kier alpha value is -3.52. The molecule has 7 nitrogen and oxygen atoms in total. The second kappa shape index (κ2) is 7.38. The van der Waals surface area contributed by atoms with Gasteiger partial charge in [0.25, 0.3) is 11.6 Å². The molecule has 0 saturated heterocycles. The highest BCUT2D eigenvalue weighted by atomic mass is 32.1. The molecule has 0 spiro atoms. The van der Waals surface area contributed by atoms with Crippen LogP contribution in [-0.2, 0) is 12.8 Å². The van der Waals surface area contributed by atoms with E-state index in [-0.39, 0.29) is 17.2 Å². The summed E-state index contributed by atoms with van der Waals surface area (Å²) in [6.07, 6.45) is 4.17. The number of carbonyl (C=O) groups is 1. The van der Waals surface area contributed by atoms with Gasteiger partial charge in [0.05, 0.1) is 21.5 Å². The third kappa shape index (κ3) is 3.25. The number of fused-ring (bicyclic) bond motifs is 2. The number of nitro benzene ring substituents is 1. The molecule has 5 rings (SSSR count). The zero-order chi connectivity index (χ0) is 20.7. The summed E-state index contributed by atoms with van der Waals surface area (Å²) in [5.74, 6) is 0.375. The van der Waals surface area contributed by atoms with Gasteiger partial charge in [-0.25, -0.2) is 4.98 Å². The van der Waals surface area contributed by atoms with Crippen LogP contribution in [0, 0.1) is 10.1 Å². The summed E-state index contributed by atoms with van der Waals surface area (Å²) in [7, 11) is 0. The van der Waals surface area contributed by atoms with Crippen LogP contribution in [-0.4, -0.2) is 20.8 Å². The van der Waals surface area contributed by atoms with E-state index in [1.165, 1.54) is 28.6 Å². The van der Waals surface area contributed by atoms with Crippen molar-refractivity contribution in [2.75, 3.05) is 5.32 Å². The van der Waals surface area contributed by atoms with Crippen LogP contribution in [0.5, 0.6) is 0 Å². The standard InChI is InChI=1S/C22H18N4O3S/c27-21(13-6-5-7-14(12-13)26(28)29)25-22-19(15-8-1-4-11-18(15)30-22)20-23-16-9-2-3-10-17(16)24-20/h2-3,5-7,9-10,12H,1,4,8,11H2,(H,23,24)(H,25,27). The monoisotopic (exact) mass is 418 g/mol. The molecule has 1 aliphatic carbocycles. The van der Waals surface area contributed by atoms with Gasteiger partial charge in [-0.1, -0.05) is 18.2 Å². The van der Waals surface area contributed by atoms with E-state index >= 15 is 0 Å². The summed E-state index contributed by atoms with van der Waals surface area (Å²) >= 11 is 1.57. The Morgan fingerprint density at radius 3 is 2.80 bits per heavy atom. The van der Waals surface area contributed by atoms with Gasteiger partial charge in [-0.05, 0) is 49.4 Å². The predicted molar refractivity (Wildman–Crippen MR) is 117 cm³/mol. The molecule has 4 aromatic rings. The van der Waals surface area contributed by atoms with Crippen molar-refractivity contribution >= 4 is 39.0 Å². The van der Waals surface area contributed by atoms with E-state index < -0.39 is 4.92 Å². The number of H-pyrrole nitrogens is 1. The first-order chi connectivity index (χ1) is 14.6. The number of thiophene rings is 1. The zero-order valence-electron chi connectivity index (χ0n) is 16.0. The zero-order valence-corrected chi connectivity index (χ0v) is 16.8. The maximum absolute atomic E-state index is 12.9. The van der Waals surface area contributed by atoms with E-state index in [0.29, 0.717) is 0 Å². The van der Waals surface area contributed by atoms with Crippen LogP contribution < -0.4 is 5.32 Å². The number of non-ortho nitro benzene ring substituents is 1. The summed E-state index contributed by atoms with van der Waals surface area (Å²) in [6, 6.07) is 13.6. The van der Waals surface area contributed by atoms with Crippen LogP contribution >= 0.6 is 11.3 Å². The van der Waals surface area contributed by atoms with Crippen LogP contribution in [0.3, 0.4) is 0 Å². The molecule has 2 heterocycles. The summed E-state index contributed by atoms with van der Waals surface area (Å²) < 4.78 is 0. The van der Waals surface area contributed by atoms with Crippen molar-refractivity contribution in [3.05, 3.63) is 74.6 Å². The molecule has 30 heavy (non-hydrogen) atoms. The van der Waals surface area contributed by atoms with Gasteiger partial charge in [0.15, 0.2) is 0 Å². The molecule has 2 N–H and O–H groups in total. The van der Waals surface area contributed by atoms with Crippen LogP contribution in [0.15, 0.2) is 48.5 Å². The number of aryl methyl sites for hydroxylation is 1. The first kappa shape index (κ1) is 18.5. The van der Waals surface area contributed by atoms with E-state index in [0.717, 1.165) is 53.1 Å². The molecule has 0 aliphatic heterocycles. The number of anilines is 1. The Bertz CT molecular complexity index is 1260. The Labute approximate surface area is 175 Å². The Morgan fingerprint density at radius 1 is 1.13 bits per heavy atom. The number of aromatic nitrogens is 2. The average molecular weight is 418 g/mol. The molecular formula is C22H18N4O3S. The van der Waals surface area contributed by atoms with Gasteiger partial charge in [0.1, 0.15) is 10.8 Å². The Kier molecular flexibility index (Phi) is 4.55. The van der Waals surface area contributed by atoms with E-state index in [2.05, 4.69) is 10.3 Å². The van der Waals surface area contributed by atoms with Crippen molar-refractivity contribution in [1.29, 1.82) is 0 Å². The number of hydrogen-bond acceptors (Lipinski definition) is 5. The van der Waals surface area contributed by atoms with Gasteiger partial charge in [-0.2, -0.15) is 0 Å². The molecule has 2 aromatic heterocycles. The lowest BCUT2D eigenvalue weighted by molar-refractivity contribution is -0.384. The number of nitrogens with one attached hydrogen (secondary N) is 2. The number of imidazole rings is 1. The first-order valence-corrected chi connectivity index (χ1v) is 10.6. The molecule has 150 valence electrons. The fraction of sp³-hybridized carbons (Fsp3) is 0.182. The molecule has 1 aliphatic rings. The number of carbonyl (C=O) groups excluding carboxylic acids is 1. The average Bonchev–Trinajstić information content (AvgIpc) is 3.34. The van der Waals surface area contributed by atoms with Crippen LogP contribution in [0.1, 0.15) is 33.6 Å². The molecular weight excluding hydrogens is 400 g/mol. The SMILES string of the molecule is O=C(Nc1sc2c(c1-c1nc3ccccc3[nH]1)CCCC2)c1cccc([N+](=O)[O-])c1. The van der Waals surface area contributed by atoms with Gasteiger partial charge in [0, 0.05) is 22.6 Å². The molecule has 8 heteroatoms. The van der Waals surface area contributed by atoms with E-state index in [4.69, 9.17) is 4.98 Å². The van der Waals surface area contributed by atoms with Crippen LogP contribution in [0.25, 0.3) is 22.4 Å². The lowest BCUT2D eigenvalue weighted by Crippen LogP contribution is -2.12. The topological polar surface area (TPSA) is 101 Å². The molecule has 0 unspecified atom stereocenters. The van der Waals surface area contributed by atoms with Crippen LogP contribution in [0.4, 0.5) is 10.7 Å². The molecule has 0 bridgehead atoms. The number of para-hydroxylation sites is 2. The number of rotatable bonds is 4. The fourth-order valence-corrected chi connectivity index (χ4v) is 5.20. The van der Waals surface area contributed by atoms with Gasteiger partial charge < -0.3 is 10.3 Å². The lowest BCUT2D eigenvalue weighted by atomic mass is 9.95. The highest BCUT2D eigenvalue weighted by Gasteiger charge is 2.25. The minimum absolute atomic E-state index is 0.106. The van der Waals surface area contributed by atoms with E-state index in [1.807, 2.05) is 24.3 Å². The van der Waals surface area contributed by atoms with Crippen molar-refractivity contribution in [3.8, 4) is 11.4 Å². The fourth-order valence-electron chi connectivity index (χ4n) is 3.91. The molecule has 0 fully saturated rings. The van der Waals surface area contributed by atoms with Crippen molar-refractivity contribution in [2.24, 2.45) is 0 Å². The van der Waals surface area contributed by atoms with Crippen molar-refractivity contribution in [1.82, 2.24) is 9.97 Å². The maximum atomic E-state index is 12.9. The lowest BCUT2D eigenvalue weighted by Gasteiger charge is -2.12. The van der Waals surface area contributed by atoms with Gasteiger partial charge in [0.2, 0.25) is 0 Å². The predicted octanol–water partition coefficient (Wildman–Crippen LogP) is 5.33. The quantitative estimate of drug-likeness (QED) is 0.345. The van der Waals surface area contributed by atoms with Crippen LogP contribution in [0.2, 0.25) is 0 Å². The summed E-state index contributed by atoms with van der Waals surface area (Å²) in [5.41, 5.74) is 4.14. The number of aromatic amines is 1. The highest BCUT2D eigenvalue weighted by Crippen LogP contribution is 2.43. The number of benzene rings is 2. The van der Waals surface area contributed by atoms with E-state index in [9.17, 15) is 14.9 Å². The maximum Gasteiger partial charge on any atom is 0.270 e. The summed E-state index contributed by atoms with van der Waals surface area (Å²) in [4.78, 5) is 32.9. The minimum Gasteiger partial charge on any atom is -0.338 e. The van der Waals surface area contributed by atoms with E-state index in [1.54, 1.807) is 17.4 Å². The van der Waals surface area contributed by atoms with Gasteiger partial charge >= 0.3 is 0 Å². The molecule has 0 saturated carbocycles. The Morgan fingerprint density at radius 2 is 1.97 bits per heavy atom. The number of hydrogen-bond donors (Lipinski definition) is 2. The van der Waals surface area contributed by atoms with Crippen molar-refractivity contribution in [3.63, 3.8) is 0 Å². The molecule has 1 amide bonds. The third-order valence-electron chi connectivity index (χ3n) is 5.34. The highest BCUT2D eigenvalue weighted by molar-refractivity contribution is 7.17. The van der Waals surface area contributed by atoms with Gasteiger partial charge in [-0.3, -0.25) is 14.9 Å². The number of amides is 1. The molecule has 0 radical (unpaired) electrons. The summed E-state index contributed by atoms with van der Waals surface area (Å²) in [6.45, 7) is 0. The molecule has 2 aromatic carbocycles. The van der Waals surface area contributed by atoms with Gasteiger partial charge in [-0.15, -0.1) is 11.3 Å². The largest absolute Gasteiger partial charge is 0.338 e. The Balaban J connectivity index is 1.57. The minimum atomic E-state index is -0.500. The smallest absolute Gasteiger partial charge is 0.270 e. The molecule has 0 atom stereocenters. The van der Waals surface area contributed by atoms with Crippen molar-refractivity contribution in [2.45, 2.75) is 25.7 Å².